The van der Waals surface area contributed by atoms with Crippen molar-refractivity contribution >= 4 is 0 Å². The van der Waals surface area contributed by atoms with Crippen LogP contribution in [0.4, 0.5) is 8.78 Å². The van der Waals surface area contributed by atoms with E-state index in [1.165, 1.54) is 24.5 Å². The fourth-order valence-corrected chi connectivity index (χ4v) is 4.33. The van der Waals surface area contributed by atoms with Crippen molar-refractivity contribution in [3.05, 3.63) is 108 Å². The minimum atomic E-state index is -0.609. The predicted molar refractivity (Wildman–Crippen MR) is 104 cm³/mol. The van der Waals surface area contributed by atoms with Crippen molar-refractivity contribution in [1.29, 1.82) is 0 Å². The molecular formula is C23H16F2N4. The fourth-order valence-electron chi connectivity index (χ4n) is 4.33. The SMILES string of the molecule is Fc1cc(CC2(Cc3ccnc(F)c3)c3cccnc3-c3cccnc32)ccn1. The molecule has 0 unspecified atom stereocenters. The van der Waals surface area contributed by atoms with Crippen LogP contribution in [0.25, 0.3) is 11.3 Å². The summed E-state index contributed by atoms with van der Waals surface area (Å²) >= 11 is 0. The Kier molecular flexibility index (Phi) is 4.12. The van der Waals surface area contributed by atoms with Gasteiger partial charge >= 0.3 is 0 Å². The number of nitrogens with zero attached hydrogens (tertiary/aromatic N) is 4. The molecule has 0 aromatic carbocycles. The Morgan fingerprint density at radius 2 is 1.31 bits per heavy atom. The van der Waals surface area contributed by atoms with Gasteiger partial charge in [-0.1, -0.05) is 6.07 Å². The van der Waals surface area contributed by atoms with Crippen molar-refractivity contribution in [2.75, 3.05) is 0 Å². The van der Waals surface area contributed by atoms with Gasteiger partial charge in [0.05, 0.1) is 11.4 Å². The molecule has 29 heavy (non-hydrogen) atoms. The summed E-state index contributed by atoms with van der Waals surface area (Å²) in [5.74, 6) is -1.06. The highest BCUT2D eigenvalue weighted by molar-refractivity contribution is 5.77. The molecule has 4 nitrogen and oxygen atoms in total. The molecule has 142 valence electrons. The van der Waals surface area contributed by atoms with Crippen molar-refractivity contribution in [2.24, 2.45) is 0 Å². The monoisotopic (exact) mass is 386 g/mol. The van der Waals surface area contributed by atoms with Gasteiger partial charge in [0.15, 0.2) is 0 Å². The molecule has 1 aliphatic rings. The minimum Gasteiger partial charge on any atom is -0.260 e. The average Bonchev–Trinajstić information content (AvgIpc) is 2.99. The second-order valence-electron chi connectivity index (χ2n) is 7.21. The first-order chi connectivity index (χ1) is 14.2. The maximum Gasteiger partial charge on any atom is 0.213 e. The van der Waals surface area contributed by atoms with Gasteiger partial charge in [0, 0.05) is 35.8 Å². The lowest BCUT2D eigenvalue weighted by Crippen LogP contribution is -2.32. The van der Waals surface area contributed by atoms with Crippen molar-refractivity contribution in [3.8, 4) is 11.3 Å². The summed E-state index contributed by atoms with van der Waals surface area (Å²) in [4.78, 5) is 16.6. The molecule has 6 heteroatoms. The first kappa shape index (κ1) is 17.6. The largest absolute Gasteiger partial charge is 0.260 e. The molecule has 4 aromatic rings. The molecule has 1 aliphatic carbocycles. The highest BCUT2D eigenvalue weighted by atomic mass is 19.1. The quantitative estimate of drug-likeness (QED) is 0.491. The van der Waals surface area contributed by atoms with Crippen LogP contribution >= 0.6 is 0 Å². The zero-order chi connectivity index (χ0) is 19.8. The third kappa shape index (κ3) is 2.97. The van der Waals surface area contributed by atoms with Crippen LogP contribution in [0.5, 0.6) is 0 Å². The first-order valence-electron chi connectivity index (χ1n) is 9.28. The van der Waals surface area contributed by atoms with Gasteiger partial charge in [-0.25, -0.2) is 9.97 Å². The second kappa shape index (κ2) is 6.81. The number of pyridine rings is 4. The standard InChI is InChI=1S/C23H16F2N4/c24-19-11-15(5-9-26-19)13-23(14-16-6-10-27-20(25)12-16)18-4-2-7-28-21(18)17-3-1-8-29-22(17)23/h1-12H,13-14H2. The van der Waals surface area contributed by atoms with E-state index >= 15 is 0 Å². The molecule has 4 aromatic heterocycles. The lowest BCUT2D eigenvalue weighted by atomic mass is 9.72. The van der Waals surface area contributed by atoms with Crippen LogP contribution in [-0.4, -0.2) is 19.9 Å². The molecule has 0 atom stereocenters. The van der Waals surface area contributed by atoms with Crippen LogP contribution in [0.15, 0.2) is 73.3 Å². The van der Waals surface area contributed by atoms with E-state index in [-0.39, 0.29) is 0 Å². The van der Waals surface area contributed by atoms with E-state index in [1.54, 1.807) is 24.5 Å². The molecule has 0 fully saturated rings. The number of hydrogen-bond donors (Lipinski definition) is 0. The predicted octanol–water partition coefficient (Wildman–Crippen LogP) is 4.30. The van der Waals surface area contributed by atoms with E-state index in [2.05, 4.69) is 15.0 Å². The number of aromatic nitrogens is 4. The van der Waals surface area contributed by atoms with Crippen LogP contribution in [0, 0.1) is 11.9 Å². The zero-order valence-corrected chi connectivity index (χ0v) is 15.4. The number of halogens is 2. The Morgan fingerprint density at radius 3 is 1.97 bits per heavy atom. The molecule has 0 radical (unpaired) electrons. The smallest absolute Gasteiger partial charge is 0.213 e. The lowest BCUT2D eigenvalue weighted by molar-refractivity contribution is 0.496. The molecule has 0 saturated heterocycles. The molecule has 0 bridgehead atoms. The lowest BCUT2D eigenvalue weighted by Gasteiger charge is -2.31. The number of rotatable bonds is 4. The third-order valence-electron chi connectivity index (χ3n) is 5.43. The highest BCUT2D eigenvalue weighted by Crippen LogP contribution is 2.50. The highest BCUT2D eigenvalue weighted by Gasteiger charge is 2.45. The Balaban J connectivity index is 1.74. The Morgan fingerprint density at radius 1 is 0.690 bits per heavy atom. The van der Waals surface area contributed by atoms with Crippen LogP contribution in [0.3, 0.4) is 0 Å². The summed E-state index contributed by atoms with van der Waals surface area (Å²) in [6.07, 6.45) is 7.40. The summed E-state index contributed by atoms with van der Waals surface area (Å²) in [6.45, 7) is 0. The van der Waals surface area contributed by atoms with Crippen molar-refractivity contribution < 1.29 is 8.78 Å². The first-order valence-corrected chi connectivity index (χ1v) is 9.28. The third-order valence-corrected chi connectivity index (χ3v) is 5.43. The number of hydrogen-bond acceptors (Lipinski definition) is 4. The van der Waals surface area contributed by atoms with E-state index in [9.17, 15) is 8.78 Å². The summed E-state index contributed by atoms with van der Waals surface area (Å²) in [5, 5.41) is 0. The molecule has 4 heterocycles. The molecule has 0 amide bonds. The maximum absolute atomic E-state index is 13.8. The zero-order valence-electron chi connectivity index (χ0n) is 15.4. The van der Waals surface area contributed by atoms with Crippen LogP contribution in [0.2, 0.25) is 0 Å². The molecule has 0 spiro atoms. The normalized spacial score (nSPS) is 13.7. The van der Waals surface area contributed by atoms with Crippen LogP contribution in [-0.2, 0) is 18.3 Å². The van der Waals surface area contributed by atoms with Crippen molar-refractivity contribution in [2.45, 2.75) is 18.3 Å². The minimum absolute atomic E-state index is 0.485. The molecule has 0 saturated carbocycles. The average molecular weight is 386 g/mol. The van der Waals surface area contributed by atoms with E-state index in [0.717, 1.165) is 33.6 Å². The van der Waals surface area contributed by atoms with Crippen molar-refractivity contribution in [1.82, 2.24) is 19.9 Å². The van der Waals surface area contributed by atoms with Gasteiger partial charge in [-0.05, 0) is 72.0 Å². The van der Waals surface area contributed by atoms with Gasteiger partial charge in [-0.3, -0.25) is 9.97 Å². The van der Waals surface area contributed by atoms with E-state index in [1.807, 2.05) is 24.3 Å². The van der Waals surface area contributed by atoms with Crippen molar-refractivity contribution in [3.63, 3.8) is 0 Å². The van der Waals surface area contributed by atoms with Gasteiger partial charge in [0.2, 0.25) is 11.9 Å². The van der Waals surface area contributed by atoms with Crippen LogP contribution in [0.1, 0.15) is 22.4 Å². The molecule has 5 rings (SSSR count). The summed E-state index contributed by atoms with van der Waals surface area (Å²) in [7, 11) is 0. The second-order valence-corrected chi connectivity index (χ2v) is 7.21. The van der Waals surface area contributed by atoms with Gasteiger partial charge in [-0.15, -0.1) is 0 Å². The Labute approximate surface area is 166 Å². The summed E-state index contributed by atoms with van der Waals surface area (Å²) in [6, 6.07) is 14.3. The Bertz CT molecular complexity index is 1110. The maximum atomic E-state index is 13.8. The van der Waals surface area contributed by atoms with Gasteiger partial charge < -0.3 is 0 Å². The summed E-state index contributed by atoms with van der Waals surface area (Å²) in [5.41, 5.74) is 4.65. The van der Waals surface area contributed by atoms with Gasteiger partial charge in [0.1, 0.15) is 0 Å². The van der Waals surface area contributed by atoms with E-state index in [4.69, 9.17) is 4.98 Å². The molecule has 0 aliphatic heterocycles. The molecular weight excluding hydrogens is 370 g/mol. The number of fused-ring (bicyclic) bond motifs is 3. The topological polar surface area (TPSA) is 51.6 Å². The van der Waals surface area contributed by atoms with Gasteiger partial charge in [-0.2, -0.15) is 8.78 Å². The molecule has 0 N–H and O–H groups in total. The van der Waals surface area contributed by atoms with Crippen LogP contribution < -0.4 is 0 Å². The van der Waals surface area contributed by atoms with Gasteiger partial charge in [0.25, 0.3) is 0 Å². The van der Waals surface area contributed by atoms with E-state index in [0.29, 0.717) is 12.8 Å². The fraction of sp³-hybridized carbons (Fsp3) is 0.130. The van der Waals surface area contributed by atoms with E-state index < -0.39 is 17.3 Å². The Hall–Kier alpha value is -3.54. The summed E-state index contributed by atoms with van der Waals surface area (Å²) < 4.78 is 27.7.